The van der Waals surface area contributed by atoms with Gasteiger partial charge in [0.15, 0.2) is 0 Å². The number of nitrogens with one attached hydrogen (secondary N) is 2. The van der Waals surface area contributed by atoms with Gasteiger partial charge in [0.25, 0.3) is 0 Å². The number of rotatable bonds is 5. The van der Waals surface area contributed by atoms with Crippen LogP contribution in [0.5, 0.6) is 0 Å². The quantitative estimate of drug-likeness (QED) is 0.549. The van der Waals surface area contributed by atoms with Crippen molar-refractivity contribution >= 4 is 59.6 Å². The molecule has 0 atom stereocenters. The van der Waals surface area contributed by atoms with Crippen LogP contribution in [0.3, 0.4) is 0 Å². The molecule has 5 rings (SSSR count). The molecular formula is C24H24Cl2N4O. The molecule has 0 aliphatic carbocycles. The highest BCUT2D eigenvalue weighted by atomic mass is 35.5. The first kappa shape index (κ1) is 22.7. The number of fused-ring (bicyclic) bond motifs is 1. The van der Waals surface area contributed by atoms with Gasteiger partial charge in [0, 0.05) is 29.6 Å². The topological polar surface area (TPSA) is 61.9 Å². The van der Waals surface area contributed by atoms with Gasteiger partial charge in [-0.3, -0.25) is 9.98 Å². The Kier molecular flexibility index (Phi) is 7.55. The van der Waals surface area contributed by atoms with E-state index in [4.69, 9.17) is 4.42 Å². The zero-order valence-corrected chi connectivity index (χ0v) is 18.5. The lowest BCUT2D eigenvalue weighted by atomic mass is 10.1. The summed E-state index contributed by atoms with van der Waals surface area (Å²) in [6.07, 6.45) is 8.08. The highest BCUT2D eigenvalue weighted by molar-refractivity contribution is 6.02. The van der Waals surface area contributed by atoms with Crippen LogP contribution in [0.15, 0.2) is 75.1 Å². The Balaban J connectivity index is 0.00000136. The average molecular weight is 455 g/mol. The Labute approximate surface area is 193 Å². The molecule has 3 heterocycles. The second kappa shape index (κ2) is 10.3. The summed E-state index contributed by atoms with van der Waals surface area (Å²) in [6.45, 7) is 3.54. The third-order valence-electron chi connectivity index (χ3n) is 5.00. The maximum atomic E-state index is 5.91. The van der Waals surface area contributed by atoms with E-state index in [1.165, 1.54) is 0 Å². The molecule has 2 aromatic carbocycles. The average Bonchev–Trinajstić information content (AvgIpc) is 3.52. The van der Waals surface area contributed by atoms with Crippen LogP contribution in [0.4, 0.5) is 0 Å². The van der Waals surface area contributed by atoms with Gasteiger partial charge in [-0.2, -0.15) is 0 Å². The van der Waals surface area contributed by atoms with E-state index >= 15 is 0 Å². The summed E-state index contributed by atoms with van der Waals surface area (Å²) in [5.74, 6) is 2.79. The van der Waals surface area contributed by atoms with Crippen LogP contribution in [-0.4, -0.2) is 37.9 Å². The van der Waals surface area contributed by atoms with Crippen LogP contribution in [0.1, 0.15) is 22.5 Å². The van der Waals surface area contributed by atoms with E-state index in [9.17, 15) is 0 Å². The molecule has 0 fully saturated rings. The summed E-state index contributed by atoms with van der Waals surface area (Å²) in [5, 5.41) is 7.69. The van der Waals surface area contributed by atoms with Crippen molar-refractivity contribution in [3.63, 3.8) is 0 Å². The minimum Gasteiger partial charge on any atom is -0.457 e. The molecule has 0 amide bonds. The summed E-state index contributed by atoms with van der Waals surface area (Å²) in [5.41, 5.74) is 4.27. The van der Waals surface area contributed by atoms with Crippen LogP contribution < -0.4 is 10.6 Å². The van der Waals surface area contributed by atoms with E-state index in [-0.39, 0.29) is 24.8 Å². The molecule has 3 aromatic rings. The lowest BCUT2D eigenvalue weighted by Gasteiger charge is -2.02. The Morgan fingerprint density at radius 2 is 1.39 bits per heavy atom. The number of nitrogens with zero attached hydrogens (tertiary/aromatic N) is 2. The van der Waals surface area contributed by atoms with Crippen molar-refractivity contribution in [1.82, 2.24) is 10.6 Å². The number of allylic oxidation sites excluding steroid dienone is 2. The molecule has 2 N–H and O–H groups in total. The fourth-order valence-electron chi connectivity index (χ4n) is 3.55. The van der Waals surface area contributed by atoms with Gasteiger partial charge in [-0.1, -0.05) is 42.5 Å². The van der Waals surface area contributed by atoms with Crippen molar-refractivity contribution in [2.24, 2.45) is 9.98 Å². The molecule has 0 bridgehead atoms. The largest absolute Gasteiger partial charge is 0.457 e. The molecule has 2 aliphatic heterocycles. The van der Waals surface area contributed by atoms with Gasteiger partial charge in [0.2, 0.25) is 0 Å². The number of benzene rings is 2. The SMILES string of the molecule is C(C=Cc1cc2cc(C3=NCCN3)ccc2o1)=Cc1ccc(C2=NCCN2)cc1.Cl.Cl. The van der Waals surface area contributed by atoms with Crippen LogP contribution in [0, 0.1) is 0 Å². The molecule has 0 spiro atoms. The smallest absolute Gasteiger partial charge is 0.134 e. The molecular weight excluding hydrogens is 431 g/mol. The van der Waals surface area contributed by atoms with Crippen LogP contribution in [0.25, 0.3) is 23.1 Å². The van der Waals surface area contributed by atoms with Gasteiger partial charge in [-0.05, 0) is 35.9 Å². The number of amidine groups is 2. The van der Waals surface area contributed by atoms with Gasteiger partial charge in [0.05, 0.1) is 13.1 Å². The van der Waals surface area contributed by atoms with E-state index < -0.39 is 0 Å². The number of furan rings is 1. The number of hydrogen-bond acceptors (Lipinski definition) is 5. The van der Waals surface area contributed by atoms with E-state index in [0.717, 1.165) is 71.3 Å². The summed E-state index contributed by atoms with van der Waals surface area (Å²) in [7, 11) is 0. The zero-order valence-electron chi connectivity index (χ0n) is 16.9. The highest BCUT2D eigenvalue weighted by Crippen LogP contribution is 2.22. The van der Waals surface area contributed by atoms with E-state index in [1.807, 2.05) is 30.4 Å². The second-order valence-corrected chi connectivity index (χ2v) is 7.06. The maximum Gasteiger partial charge on any atom is 0.134 e. The summed E-state index contributed by atoms with van der Waals surface area (Å²) < 4.78 is 5.91. The van der Waals surface area contributed by atoms with Gasteiger partial charge in [0.1, 0.15) is 23.0 Å². The molecule has 0 unspecified atom stereocenters. The lowest BCUT2D eigenvalue weighted by Crippen LogP contribution is -2.19. The van der Waals surface area contributed by atoms with Crippen LogP contribution in [0.2, 0.25) is 0 Å². The van der Waals surface area contributed by atoms with Crippen molar-refractivity contribution in [2.75, 3.05) is 26.2 Å². The first-order valence-corrected chi connectivity index (χ1v) is 9.91. The third-order valence-corrected chi connectivity index (χ3v) is 5.00. The Morgan fingerprint density at radius 1 is 0.742 bits per heavy atom. The summed E-state index contributed by atoms with van der Waals surface area (Å²) >= 11 is 0. The summed E-state index contributed by atoms with van der Waals surface area (Å²) in [4.78, 5) is 8.92. The van der Waals surface area contributed by atoms with Crippen molar-refractivity contribution in [2.45, 2.75) is 0 Å². The molecule has 2 aliphatic rings. The zero-order chi connectivity index (χ0) is 19.5. The fraction of sp³-hybridized carbons (Fsp3) is 0.167. The fourth-order valence-corrected chi connectivity index (χ4v) is 3.55. The van der Waals surface area contributed by atoms with Gasteiger partial charge in [-0.25, -0.2) is 0 Å². The molecule has 160 valence electrons. The number of halogens is 2. The Hall–Kier alpha value is -3.02. The van der Waals surface area contributed by atoms with E-state index in [2.05, 4.69) is 63.1 Å². The molecule has 5 nitrogen and oxygen atoms in total. The number of aliphatic imine (C=N–C) groups is 2. The second-order valence-electron chi connectivity index (χ2n) is 7.06. The van der Waals surface area contributed by atoms with E-state index in [0.29, 0.717) is 0 Å². The van der Waals surface area contributed by atoms with Gasteiger partial charge < -0.3 is 15.1 Å². The first-order valence-electron chi connectivity index (χ1n) is 9.91. The minimum absolute atomic E-state index is 0. The monoisotopic (exact) mass is 454 g/mol. The molecule has 7 heteroatoms. The summed E-state index contributed by atoms with van der Waals surface area (Å²) in [6, 6.07) is 16.6. The minimum atomic E-state index is 0. The third kappa shape index (κ3) is 5.19. The number of hydrogen-bond donors (Lipinski definition) is 2. The molecule has 0 radical (unpaired) electrons. The van der Waals surface area contributed by atoms with Crippen molar-refractivity contribution in [3.8, 4) is 0 Å². The predicted molar refractivity (Wildman–Crippen MR) is 134 cm³/mol. The Morgan fingerprint density at radius 3 is 2.06 bits per heavy atom. The predicted octanol–water partition coefficient (Wildman–Crippen LogP) is 4.70. The molecule has 31 heavy (non-hydrogen) atoms. The highest BCUT2D eigenvalue weighted by Gasteiger charge is 2.10. The van der Waals surface area contributed by atoms with Crippen molar-refractivity contribution in [3.05, 3.63) is 83.1 Å². The first-order chi connectivity index (χ1) is 14.3. The van der Waals surface area contributed by atoms with Crippen molar-refractivity contribution in [1.29, 1.82) is 0 Å². The standard InChI is InChI=1S/C24H22N4O.2ClH/c1(3-17-5-7-18(8-6-17)23-25-11-12-26-23)2-4-21-16-20-15-19(9-10-22(20)29-21)24-27-13-14-28-24;;/h1-10,15-16H,11-14H2,(H,25,26)(H,27,28);2*1H. The van der Waals surface area contributed by atoms with Crippen LogP contribution >= 0.6 is 24.8 Å². The van der Waals surface area contributed by atoms with Gasteiger partial charge >= 0.3 is 0 Å². The molecule has 0 saturated heterocycles. The molecule has 0 saturated carbocycles. The molecule has 1 aromatic heterocycles. The van der Waals surface area contributed by atoms with Crippen molar-refractivity contribution < 1.29 is 4.42 Å². The van der Waals surface area contributed by atoms with E-state index in [1.54, 1.807) is 0 Å². The Bertz CT molecular complexity index is 1160. The lowest BCUT2D eigenvalue weighted by molar-refractivity contribution is 0.604. The van der Waals surface area contributed by atoms with Gasteiger partial charge in [-0.15, -0.1) is 24.8 Å². The maximum absolute atomic E-state index is 5.91. The van der Waals surface area contributed by atoms with Crippen LogP contribution in [-0.2, 0) is 0 Å². The normalized spacial score (nSPS) is 15.4.